The van der Waals surface area contributed by atoms with E-state index in [-0.39, 0.29) is 5.78 Å². The highest BCUT2D eigenvalue weighted by Crippen LogP contribution is 2.28. The van der Waals surface area contributed by atoms with Gasteiger partial charge in [0, 0.05) is 23.4 Å². The minimum Gasteiger partial charge on any atom is -0.497 e. The van der Waals surface area contributed by atoms with Gasteiger partial charge in [-0.2, -0.15) is 0 Å². The second kappa shape index (κ2) is 5.44. The van der Waals surface area contributed by atoms with Crippen LogP contribution in [0.2, 0.25) is 0 Å². The Morgan fingerprint density at radius 1 is 1.33 bits per heavy atom. The molecule has 1 N–H and O–H groups in total. The standard InChI is InChI=1S/C16H16N2O3/c1-10-7-15(18-21-10)17-9-12-4-3-11-8-13(20-2)5-6-14(11)16(12)19/h5-9H,3-4H2,1-2H3,(H,17,18). The Morgan fingerprint density at radius 2 is 2.19 bits per heavy atom. The zero-order chi connectivity index (χ0) is 14.8. The highest BCUT2D eigenvalue weighted by atomic mass is 16.5. The van der Waals surface area contributed by atoms with Crippen LogP contribution in [0.4, 0.5) is 5.82 Å². The number of Topliss-reactive ketones (excluding diaryl/α,β-unsaturated/α-hetero) is 1. The normalized spacial score (nSPS) is 15.9. The number of methoxy groups -OCH3 is 1. The van der Waals surface area contributed by atoms with Crippen molar-refractivity contribution >= 4 is 11.6 Å². The molecule has 1 aliphatic carbocycles. The molecular weight excluding hydrogens is 268 g/mol. The third-order valence-corrected chi connectivity index (χ3v) is 3.53. The molecule has 3 rings (SSSR count). The lowest BCUT2D eigenvalue weighted by Gasteiger charge is -2.18. The summed E-state index contributed by atoms with van der Waals surface area (Å²) in [7, 11) is 1.63. The number of fused-ring (bicyclic) bond motifs is 1. The Labute approximate surface area is 122 Å². The summed E-state index contributed by atoms with van der Waals surface area (Å²) >= 11 is 0. The predicted octanol–water partition coefficient (Wildman–Crippen LogP) is 3.12. The van der Waals surface area contributed by atoms with Gasteiger partial charge in [0.1, 0.15) is 11.5 Å². The molecule has 0 amide bonds. The molecule has 0 atom stereocenters. The van der Waals surface area contributed by atoms with Crippen molar-refractivity contribution in [3.05, 3.63) is 52.9 Å². The molecule has 1 aliphatic rings. The summed E-state index contributed by atoms with van der Waals surface area (Å²) < 4.78 is 10.2. The minimum absolute atomic E-state index is 0.0478. The number of benzene rings is 1. The number of nitrogens with one attached hydrogen (secondary N) is 1. The van der Waals surface area contributed by atoms with Gasteiger partial charge in [0.15, 0.2) is 11.6 Å². The summed E-state index contributed by atoms with van der Waals surface area (Å²) in [5, 5.41) is 6.84. The number of aromatic nitrogens is 1. The third kappa shape index (κ3) is 2.67. The quantitative estimate of drug-likeness (QED) is 0.877. The lowest BCUT2D eigenvalue weighted by atomic mass is 9.87. The first-order valence-corrected chi connectivity index (χ1v) is 6.78. The second-order valence-electron chi connectivity index (χ2n) is 4.99. The molecule has 5 heteroatoms. The number of allylic oxidation sites excluding steroid dienone is 1. The van der Waals surface area contributed by atoms with Crippen LogP contribution < -0.4 is 10.1 Å². The van der Waals surface area contributed by atoms with E-state index in [0.29, 0.717) is 12.2 Å². The summed E-state index contributed by atoms with van der Waals surface area (Å²) in [6.45, 7) is 1.82. The molecule has 0 radical (unpaired) electrons. The largest absolute Gasteiger partial charge is 0.497 e. The number of ether oxygens (including phenoxy) is 1. The summed E-state index contributed by atoms with van der Waals surface area (Å²) in [5.41, 5.74) is 2.52. The van der Waals surface area contributed by atoms with E-state index in [2.05, 4.69) is 10.5 Å². The predicted molar refractivity (Wildman–Crippen MR) is 78.6 cm³/mol. The molecule has 0 spiro atoms. The molecule has 0 bridgehead atoms. The van der Waals surface area contributed by atoms with Crippen molar-refractivity contribution in [2.45, 2.75) is 19.8 Å². The van der Waals surface area contributed by atoms with Crippen molar-refractivity contribution in [2.75, 3.05) is 12.4 Å². The van der Waals surface area contributed by atoms with E-state index in [1.54, 1.807) is 19.4 Å². The Balaban J connectivity index is 1.81. The van der Waals surface area contributed by atoms with Gasteiger partial charge in [-0.25, -0.2) is 0 Å². The number of hydrogen-bond donors (Lipinski definition) is 1. The number of carbonyl (C=O) groups excluding carboxylic acids is 1. The van der Waals surface area contributed by atoms with Crippen LogP contribution in [-0.2, 0) is 6.42 Å². The highest BCUT2D eigenvalue weighted by Gasteiger charge is 2.22. The fourth-order valence-electron chi connectivity index (χ4n) is 2.41. The lowest BCUT2D eigenvalue weighted by molar-refractivity contribution is 0.102. The molecule has 0 saturated carbocycles. The molecule has 1 aromatic carbocycles. The van der Waals surface area contributed by atoms with Gasteiger partial charge >= 0.3 is 0 Å². The summed E-state index contributed by atoms with van der Waals surface area (Å²) in [6.07, 6.45) is 3.24. The van der Waals surface area contributed by atoms with E-state index in [1.807, 2.05) is 25.1 Å². The van der Waals surface area contributed by atoms with Crippen LogP contribution >= 0.6 is 0 Å². The smallest absolute Gasteiger partial charge is 0.190 e. The van der Waals surface area contributed by atoms with Gasteiger partial charge in [0.25, 0.3) is 0 Å². The number of carbonyl (C=O) groups is 1. The SMILES string of the molecule is COc1ccc2c(c1)CCC(=CNc1cc(C)on1)C2=O. The molecule has 108 valence electrons. The van der Waals surface area contributed by atoms with Crippen LogP contribution in [0.3, 0.4) is 0 Å². The maximum Gasteiger partial charge on any atom is 0.190 e. The van der Waals surface area contributed by atoms with Gasteiger partial charge in [0.05, 0.1) is 7.11 Å². The third-order valence-electron chi connectivity index (χ3n) is 3.53. The topological polar surface area (TPSA) is 64.4 Å². The van der Waals surface area contributed by atoms with Crippen LogP contribution in [0.5, 0.6) is 5.75 Å². The summed E-state index contributed by atoms with van der Waals surface area (Å²) in [6, 6.07) is 7.35. The maximum atomic E-state index is 12.4. The van der Waals surface area contributed by atoms with Crippen LogP contribution in [-0.4, -0.2) is 18.0 Å². The fourth-order valence-corrected chi connectivity index (χ4v) is 2.41. The minimum atomic E-state index is 0.0478. The first-order chi connectivity index (χ1) is 10.2. The molecule has 21 heavy (non-hydrogen) atoms. The first kappa shape index (κ1) is 13.4. The number of ketones is 1. The van der Waals surface area contributed by atoms with Crippen molar-refractivity contribution in [3.63, 3.8) is 0 Å². The van der Waals surface area contributed by atoms with Gasteiger partial charge in [-0.3, -0.25) is 4.79 Å². The van der Waals surface area contributed by atoms with Gasteiger partial charge in [0.2, 0.25) is 0 Å². The van der Waals surface area contributed by atoms with Crippen LogP contribution in [0.25, 0.3) is 0 Å². The monoisotopic (exact) mass is 284 g/mol. The van der Waals surface area contributed by atoms with Gasteiger partial charge in [-0.15, -0.1) is 0 Å². The Kier molecular flexibility index (Phi) is 3.48. The zero-order valence-electron chi connectivity index (χ0n) is 12.0. The average molecular weight is 284 g/mol. The number of nitrogens with zero attached hydrogens (tertiary/aromatic N) is 1. The lowest BCUT2D eigenvalue weighted by Crippen LogP contribution is -2.15. The van der Waals surface area contributed by atoms with Gasteiger partial charge in [-0.05, 0) is 43.5 Å². The number of hydrogen-bond acceptors (Lipinski definition) is 5. The van der Waals surface area contributed by atoms with Crippen molar-refractivity contribution in [2.24, 2.45) is 0 Å². The van der Waals surface area contributed by atoms with Gasteiger partial charge < -0.3 is 14.6 Å². The molecule has 0 fully saturated rings. The Hall–Kier alpha value is -2.56. The highest BCUT2D eigenvalue weighted by molar-refractivity contribution is 6.10. The molecule has 0 saturated heterocycles. The molecule has 0 unspecified atom stereocenters. The van der Waals surface area contributed by atoms with Crippen molar-refractivity contribution in [1.29, 1.82) is 0 Å². The maximum absolute atomic E-state index is 12.4. The van der Waals surface area contributed by atoms with Crippen molar-refractivity contribution in [3.8, 4) is 5.75 Å². The summed E-state index contributed by atoms with van der Waals surface area (Å²) in [4.78, 5) is 12.4. The number of aryl methyl sites for hydroxylation is 2. The average Bonchev–Trinajstić information content (AvgIpc) is 2.92. The zero-order valence-corrected chi connectivity index (χ0v) is 12.0. The Morgan fingerprint density at radius 3 is 2.90 bits per heavy atom. The van der Waals surface area contributed by atoms with E-state index >= 15 is 0 Å². The number of rotatable bonds is 3. The van der Waals surface area contributed by atoms with E-state index in [0.717, 1.165) is 34.6 Å². The van der Waals surface area contributed by atoms with E-state index in [4.69, 9.17) is 9.26 Å². The first-order valence-electron chi connectivity index (χ1n) is 6.78. The van der Waals surface area contributed by atoms with Crippen LogP contribution in [0, 0.1) is 6.92 Å². The molecule has 0 aliphatic heterocycles. The molecule has 2 aromatic rings. The summed E-state index contributed by atoms with van der Waals surface area (Å²) in [5.74, 6) is 2.16. The van der Waals surface area contributed by atoms with Gasteiger partial charge in [-0.1, -0.05) is 5.16 Å². The van der Waals surface area contributed by atoms with Crippen LogP contribution in [0.1, 0.15) is 28.1 Å². The molecule has 1 heterocycles. The van der Waals surface area contributed by atoms with Crippen LogP contribution in [0.15, 0.2) is 40.6 Å². The molecule has 5 nitrogen and oxygen atoms in total. The second-order valence-corrected chi connectivity index (χ2v) is 4.99. The van der Waals surface area contributed by atoms with E-state index in [9.17, 15) is 4.79 Å². The van der Waals surface area contributed by atoms with E-state index < -0.39 is 0 Å². The fraction of sp³-hybridized carbons (Fsp3) is 0.250. The number of anilines is 1. The Bertz CT molecular complexity index is 716. The molecule has 1 aromatic heterocycles. The van der Waals surface area contributed by atoms with Crippen molar-refractivity contribution < 1.29 is 14.1 Å². The van der Waals surface area contributed by atoms with Crippen molar-refractivity contribution in [1.82, 2.24) is 5.16 Å². The van der Waals surface area contributed by atoms with E-state index in [1.165, 1.54) is 0 Å². The molecular formula is C16H16N2O3.